The molecule has 4 aromatic rings. The van der Waals surface area contributed by atoms with Crippen molar-refractivity contribution in [3.63, 3.8) is 0 Å². The summed E-state index contributed by atoms with van der Waals surface area (Å²) in [6.45, 7) is 4.27. The van der Waals surface area contributed by atoms with Crippen molar-refractivity contribution in [3.05, 3.63) is 99.7 Å². The SMILES string of the molecule is CC(c1c[nH]c2ccccc12)C(NCc1ccc(Cl)cc1)C(=O)N1C[C@@H](CN(C)C)Cc2cc(Cl)ccc21.O=C(O)C(F)(F)F.O=C(O)C(F)(F)F. The van der Waals surface area contributed by atoms with E-state index in [0.29, 0.717) is 29.1 Å². The van der Waals surface area contributed by atoms with Crippen LogP contribution in [0.2, 0.25) is 10.0 Å². The molecule has 5 rings (SSSR count). The van der Waals surface area contributed by atoms with Gasteiger partial charge in [-0.15, -0.1) is 0 Å². The molecule has 0 bridgehead atoms. The number of para-hydroxylation sites is 1. The first kappa shape index (κ1) is 42.1. The lowest BCUT2D eigenvalue weighted by molar-refractivity contribution is -0.193. The number of alkyl halides is 6. The maximum atomic E-state index is 14.5. The molecule has 0 saturated carbocycles. The Bertz CT molecular complexity index is 1810. The van der Waals surface area contributed by atoms with Gasteiger partial charge in [-0.3, -0.25) is 4.79 Å². The molecule has 0 saturated heterocycles. The smallest absolute Gasteiger partial charge is 0.475 e. The zero-order valence-electron chi connectivity index (χ0n) is 28.0. The van der Waals surface area contributed by atoms with Gasteiger partial charge in [-0.05, 0) is 79.5 Å². The molecule has 2 heterocycles. The third-order valence-corrected chi connectivity index (χ3v) is 8.46. The number of carbonyl (C=O) groups excluding carboxylic acids is 1. The molecular formula is C35H36Cl2F6N4O5. The van der Waals surface area contributed by atoms with Gasteiger partial charge in [0.15, 0.2) is 0 Å². The maximum Gasteiger partial charge on any atom is 0.490 e. The predicted molar refractivity (Wildman–Crippen MR) is 186 cm³/mol. The van der Waals surface area contributed by atoms with Crippen molar-refractivity contribution >= 4 is 57.6 Å². The lowest BCUT2D eigenvalue weighted by atomic mass is 9.88. The number of aliphatic carboxylic acids is 2. The Hall–Kier alpha value is -4.31. The van der Waals surface area contributed by atoms with E-state index in [1.165, 1.54) is 0 Å². The molecule has 9 nitrogen and oxygen atoms in total. The van der Waals surface area contributed by atoms with Crippen LogP contribution in [0.5, 0.6) is 0 Å². The lowest BCUT2D eigenvalue weighted by Gasteiger charge is -2.39. The number of rotatable bonds is 8. The standard InChI is InChI=1S/C31H34Cl2N4O.2C2HF3O2/c1-20(27-17-34-28-7-5-4-6-26(27)28)30(35-16-21-8-10-24(32)11-9-21)31(38)37-19-22(18-36(2)3)14-23-15-25(33)12-13-29(23)37;2*3-2(4,5)1(6)7/h4-13,15,17,20,22,30,34-35H,14,16,18-19H2,1-3H3;2*(H,6,7)/t20?,22-,30?;;/m1../s1. The quantitative estimate of drug-likeness (QED) is 0.135. The van der Waals surface area contributed by atoms with Gasteiger partial charge in [0, 0.05) is 58.4 Å². The summed E-state index contributed by atoms with van der Waals surface area (Å²) >= 11 is 12.5. The number of nitrogens with one attached hydrogen (secondary N) is 2. The number of nitrogens with zero attached hydrogens (tertiary/aromatic N) is 2. The van der Waals surface area contributed by atoms with Crippen LogP contribution in [0.15, 0.2) is 72.9 Å². The van der Waals surface area contributed by atoms with Crippen molar-refractivity contribution in [1.82, 2.24) is 15.2 Å². The predicted octanol–water partition coefficient (Wildman–Crippen LogP) is 7.77. The second-order valence-electron chi connectivity index (χ2n) is 12.2. The van der Waals surface area contributed by atoms with Crippen LogP contribution in [0.1, 0.15) is 29.5 Å². The van der Waals surface area contributed by atoms with Gasteiger partial charge in [-0.2, -0.15) is 26.3 Å². The molecule has 0 spiro atoms. The third-order valence-electron chi connectivity index (χ3n) is 7.97. The molecule has 1 aliphatic rings. The Morgan fingerprint density at radius 2 is 1.48 bits per heavy atom. The fourth-order valence-corrected chi connectivity index (χ4v) is 6.01. The number of amides is 1. The first-order chi connectivity index (χ1) is 24.2. The lowest BCUT2D eigenvalue weighted by Crippen LogP contribution is -2.52. The summed E-state index contributed by atoms with van der Waals surface area (Å²) in [6.07, 6.45) is -7.23. The molecule has 3 atom stereocenters. The molecule has 17 heteroatoms. The van der Waals surface area contributed by atoms with E-state index in [4.69, 9.17) is 43.0 Å². The average molecular weight is 778 g/mol. The number of carboxylic acid groups (broad SMARTS) is 2. The van der Waals surface area contributed by atoms with Crippen molar-refractivity contribution in [1.29, 1.82) is 0 Å². The van der Waals surface area contributed by atoms with Gasteiger partial charge in [0.05, 0.1) is 6.04 Å². The molecule has 1 amide bonds. The minimum absolute atomic E-state index is 0.0729. The molecule has 282 valence electrons. The number of aromatic amines is 1. The fraction of sp³-hybridized carbons (Fsp3) is 0.343. The monoisotopic (exact) mass is 776 g/mol. The second kappa shape index (κ2) is 17.9. The van der Waals surface area contributed by atoms with Gasteiger partial charge in [-0.1, -0.05) is 60.5 Å². The van der Waals surface area contributed by atoms with E-state index in [1.807, 2.05) is 65.7 Å². The van der Waals surface area contributed by atoms with Gasteiger partial charge in [0.25, 0.3) is 0 Å². The molecular weight excluding hydrogens is 741 g/mol. The highest BCUT2D eigenvalue weighted by Gasteiger charge is 2.39. The Morgan fingerprint density at radius 3 is 2.04 bits per heavy atom. The third kappa shape index (κ3) is 11.9. The number of fused-ring (bicyclic) bond motifs is 2. The van der Waals surface area contributed by atoms with Gasteiger partial charge in [0.1, 0.15) is 0 Å². The number of carboxylic acids is 2. The van der Waals surface area contributed by atoms with Crippen molar-refractivity contribution in [2.45, 2.75) is 44.2 Å². The summed E-state index contributed by atoms with van der Waals surface area (Å²) < 4.78 is 63.5. The van der Waals surface area contributed by atoms with E-state index in [9.17, 15) is 31.1 Å². The van der Waals surface area contributed by atoms with E-state index in [1.54, 1.807) is 0 Å². The van der Waals surface area contributed by atoms with Gasteiger partial charge in [-0.25, -0.2) is 9.59 Å². The summed E-state index contributed by atoms with van der Waals surface area (Å²) in [5.41, 5.74) is 5.36. The van der Waals surface area contributed by atoms with Crippen LogP contribution >= 0.6 is 23.2 Å². The highest BCUT2D eigenvalue weighted by molar-refractivity contribution is 6.31. The average Bonchev–Trinajstić information content (AvgIpc) is 3.48. The second-order valence-corrected chi connectivity index (χ2v) is 13.1. The molecule has 1 aliphatic heterocycles. The number of hydrogen-bond donors (Lipinski definition) is 4. The van der Waals surface area contributed by atoms with Crippen LogP contribution in [0.3, 0.4) is 0 Å². The molecule has 2 unspecified atom stereocenters. The zero-order valence-corrected chi connectivity index (χ0v) is 29.5. The maximum absolute atomic E-state index is 14.5. The van der Waals surface area contributed by atoms with E-state index >= 15 is 0 Å². The van der Waals surface area contributed by atoms with Gasteiger partial charge >= 0.3 is 24.3 Å². The minimum atomic E-state index is -5.08. The van der Waals surface area contributed by atoms with E-state index in [-0.39, 0.29) is 11.8 Å². The van der Waals surface area contributed by atoms with Crippen molar-refractivity contribution < 1.29 is 50.9 Å². The molecule has 0 fully saturated rings. The molecule has 0 radical (unpaired) electrons. The summed E-state index contributed by atoms with van der Waals surface area (Å²) in [5.74, 6) is -5.19. The summed E-state index contributed by atoms with van der Waals surface area (Å²) in [7, 11) is 4.16. The molecule has 4 N–H and O–H groups in total. The van der Waals surface area contributed by atoms with Crippen molar-refractivity contribution in [2.75, 3.05) is 32.1 Å². The number of benzene rings is 3. The van der Waals surface area contributed by atoms with Crippen molar-refractivity contribution in [2.24, 2.45) is 5.92 Å². The summed E-state index contributed by atoms with van der Waals surface area (Å²) in [5, 5.41) is 20.4. The highest BCUT2D eigenvalue weighted by atomic mass is 35.5. The Kier molecular flexibility index (Phi) is 14.5. The largest absolute Gasteiger partial charge is 0.490 e. The Labute approximate surface area is 305 Å². The van der Waals surface area contributed by atoms with E-state index in [0.717, 1.165) is 46.2 Å². The van der Waals surface area contributed by atoms with E-state index < -0.39 is 30.3 Å². The molecule has 0 aliphatic carbocycles. The molecule has 1 aromatic heterocycles. The summed E-state index contributed by atoms with van der Waals surface area (Å²) in [4.78, 5) is 39.9. The van der Waals surface area contributed by atoms with Crippen LogP contribution in [-0.4, -0.2) is 83.5 Å². The normalized spacial score (nSPS) is 15.5. The highest BCUT2D eigenvalue weighted by Crippen LogP contribution is 2.35. The first-order valence-corrected chi connectivity index (χ1v) is 16.3. The topological polar surface area (TPSA) is 126 Å². The van der Waals surface area contributed by atoms with Crippen LogP contribution in [0, 0.1) is 5.92 Å². The van der Waals surface area contributed by atoms with Gasteiger partial charge < -0.3 is 30.3 Å². The zero-order chi connectivity index (χ0) is 39.0. The van der Waals surface area contributed by atoms with Gasteiger partial charge in [0.2, 0.25) is 5.91 Å². The molecule has 3 aromatic carbocycles. The first-order valence-electron chi connectivity index (χ1n) is 15.6. The number of carbonyl (C=O) groups is 3. The van der Waals surface area contributed by atoms with Crippen LogP contribution in [0.4, 0.5) is 32.0 Å². The van der Waals surface area contributed by atoms with Crippen LogP contribution in [-0.2, 0) is 27.3 Å². The fourth-order valence-electron chi connectivity index (χ4n) is 5.69. The summed E-state index contributed by atoms with van der Waals surface area (Å²) in [6, 6.07) is 21.5. The minimum Gasteiger partial charge on any atom is -0.475 e. The number of hydrogen-bond acceptors (Lipinski definition) is 5. The number of H-pyrrole nitrogens is 1. The number of aromatic nitrogens is 1. The van der Waals surface area contributed by atoms with E-state index in [2.05, 4.69) is 48.4 Å². The van der Waals surface area contributed by atoms with Crippen LogP contribution in [0.25, 0.3) is 10.9 Å². The Morgan fingerprint density at radius 1 is 0.923 bits per heavy atom. The Balaban J connectivity index is 0.000000441. The number of anilines is 1. The molecule has 52 heavy (non-hydrogen) atoms. The van der Waals surface area contributed by atoms with Crippen LogP contribution < -0.4 is 10.2 Å². The number of halogens is 8. The van der Waals surface area contributed by atoms with Crippen molar-refractivity contribution in [3.8, 4) is 0 Å².